The minimum atomic E-state index is -0.309. The molecule has 0 saturated carbocycles. The van der Waals surface area contributed by atoms with Gasteiger partial charge in [0.15, 0.2) is 10.7 Å². The van der Waals surface area contributed by atoms with Gasteiger partial charge in [-0.05, 0) is 93.1 Å². The van der Waals surface area contributed by atoms with Gasteiger partial charge in [0.1, 0.15) is 11.3 Å². The average Bonchev–Trinajstić information content (AvgIpc) is 3.33. The summed E-state index contributed by atoms with van der Waals surface area (Å²) < 4.78 is 11.7. The van der Waals surface area contributed by atoms with Gasteiger partial charge in [-0.3, -0.25) is 10.1 Å². The zero-order chi connectivity index (χ0) is 26.2. The van der Waals surface area contributed by atoms with Crippen LogP contribution in [0.5, 0.6) is 5.75 Å². The molecule has 4 aromatic rings. The van der Waals surface area contributed by atoms with E-state index < -0.39 is 0 Å². The Morgan fingerprint density at radius 3 is 2.54 bits per heavy atom. The third-order valence-electron chi connectivity index (χ3n) is 5.98. The number of anilines is 2. The summed E-state index contributed by atoms with van der Waals surface area (Å²) in [5, 5.41) is 5.97. The molecule has 1 aromatic heterocycles. The maximum Gasteiger partial charge on any atom is 0.257 e. The Kier molecular flexibility index (Phi) is 8.74. The topological polar surface area (TPSA) is 79.6 Å². The van der Waals surface area contributed by atoms with E-state index >= 15 is 0 Å². The van der Waals surface area contributed by atoms with Crippen LogP contribution in [0.15, 0.2) is 71.1 Å². The molecule has 0 fully saturated rings. The fourth-order valence-electron chi connectivity index (χ4n) is 3.93. The number of hydrogen-bond acceptors (Lipinski definition) is 6. The summed E-state index contributed by atoms with van der Waals surface area (Å²) in [6.07, 6.45) is 2.01. The molecule has 1 amide bonds. The Bertz CT molecular complexity index is 1360. The van der Waals surface area contributed by atoms with Crippen LogP contribution in [0, 0.1) is 0 Å². The van der Waals surface area contributed by atoms with E-state index in [4.69, 9.17) is 21.4 Å². The molecule has 192 valence electrons. The lowest BCUT2D eigenvalue weighted by molar-refractivity contribution is 0.0977. The highest BCUT2D eigenvalue weighted by molar-refractivity contribution is 7.80. The zero-order valence-corrected chi connectivity index (χ0v) is 22.2. The molecule has 2 N–H and O–H groups in total. The van der Waals surface area contributed by atoms with Crippen LogP contribution in [0.1, 0.15) is 44.0 Å². The largest absolute Gasteiger partial charge is 0.494 e. The van der Waals surface area contributed by atoms with Crippen molar-refractivity contribution in [2.45, 2.75) is 33.6 Å². The zero-order valence-electron chi connectivity index (χ0n) is 21.4. The molecule has 4 rings (SSSR count). The van der Waals surface area contributed by atoms with E-state index in [2.05, 4.69) is 53.4 Å². The van der Waals surface area contributed by atoms with E-state index in [1.807, 2.05) is 36.4 Å². The molecule has 0 aliphatic heterocycles. The Hall–Kier alpha value is -3.91. The van der Waals surface area contributed by atoms with Crippen molar-refractivity contribution in [1.82, 2.24) is 10.3 Å². The Balaban J connectivity index is 1.40. The molecular weight excluding hydrogens is 484 g/mol. The van der Waals surface area contributed by atoms with Gasteiger partial charge in [-0.2, -0.15) is 0 Å². The van der Waals surface area contributed by atoms with E-state index in [1.165, 1.54) is 5.69 Å². The summed E-state index contributed by atoms with van der Waals surface area (Å²) in [5.41, 5.74) is 4.61. The minimum absolute atomic E-state index is 0.192. The van der Waals surface area contributed by atoms with Crippen LogP contribution >= 0.6 is 12.2 Å². The van der Waals surface area contributed by atoms with E-state index in [-0.39, 0.29) is 11.0 Å². The van der Waals surface area contributed by atoms with Gasteiger partial charge in [0.05, 0.1) is 6.61 Å². The van der Waals surface area contributed by atoms with Crippen molar-refractivity contribution < 1.29 is 13.9 Å². The molecule has 8 heteroatoms. The number of aromatic nitrogens is 1. The molecule has 0 aliphatic carbocycles. The van der Waals surface area contributed by atoms with Crippen LogP contribution in [0.25, 0.3) is 22.6 Å². The van der Waals surface area contributed by atoms with Crippen molar-refractivity contribution in [1.29, 1.82) is 0 Å². The number of rotatable bonds is 10. The number of oxazole rings is 1. The smallest absolute Gasteiger partial charge is 0.257 e. The van der Waals surface area contributed by atoms with Gasteiger partial charge in [0, 0.05) is 35.6 Å². The monoisotopic (exact) mass is 516 g/mol. The average molecular weight is 517 g/mol. The van der Waals surface area contributed by atoms with Gasteiger partial charge >= 0.3 is 0 Å². The summed E-state index contributed by atoms with van der Waals surface area (Å²) in [7, 11) is 0. The van der Waals surface area contributed by atoms with E-state index in [9.17, 15) is 4.79 Å². The SMILES string of the molecule is CCCCOc1cccc(C(=O)NC(=S)Nc2ccc3oc(-c4ccc(N(CC)CC)cc4)nc3c2)c1. The second kappa shape index (κ2) is 12.4. The fourth-order valence-corrected chi connectivity index (χ4v) is 4.14. The minimum Gasteiger partial charge on any atom is -0.494 e. The number of unbranched alkanes of at least 4 members (excludes halogenated alkanes) is 1. The first-order chi connectivity index (χ1) is 18.0. The predicted octanol–water partition coefficient (Wildman–Crippen LogP) is 6.65. The van der Waals surface area contributed by atoms with Crippen molar-refractivity contribution in [3.05, 3.63) is 72.3 Å². The molecule has 0 radical (unpaired) electrons. The Labute approximate surface area is 222 Å². The lowest BCUT2D eigenvalue weighted by Crippen LogP contribution is -2.34. The third kappa shape index (κ3) is 6.65. The molecule has 7 nitrogen and oxygen atoms in total. The maximum atomic E-state index is 12.7. The number of carbonyl (C=O) groups excluding carboxylic acids is 1. The van der Waals surface area contributed by atoms with Gasteiger partial charge in [-0.25, -0.2) is 4.98 Å². The normalized spacial score (nSPS) is 10.8. The molecule has 0 saturated heterocycles. The fraction of sp³-hybridized carbons (Fsp3) is 0.276. The van der Waals surface area contributed by atoms with Crippen LogP contribution in [-0.2, 0) is 0 Å². The van der Waals surface area contributed by atoms with Crippen molar-refractivity contribution in [3.63, 3.8) is 0 Å². The summed E-state index contributed by atoms with van der Waals surface area (Å²) in [4.78, 5) is 19.6. The predicted molar refractivity (Wildman–Crippen MR) is 154 cm³/mol. The number of nitrogens with one attached hydrogen (secondary N) is 2. The van der Waals surface area contributed by atoms with Crippen molar-refractivity contribution >= 4 is 45.7 Å². The number of thiocarbonyl (C=S) groups is 1. The first kappa shape index (κ1) is 26.2. The summed E-state index contributed by atoms with van der Waals surface area (Å²) >= 11 is 5.37. The second-order valence-electron chi connectivity index (χ2n) is 8.56. The molecule has 3 aromatic carbocycles. The van der Waals surface area contributed by atoms with Gasteiger partial charge in [-0.15, -0.1) is 0 Å². The number of ether oxygens (including phenoxy) is 1. The lowest BCUT2D eigenvalue weighted by Gasteiger charge is -2.20. The van der Waals surface area contributed by atoms with Gasteiger partial charge in [-0.1, -0.05) is 19.4 Å². The first-order valence-corrected chi connectivity index (χ1v) is 13.0. The van der Waals surface area contributed by atoms with Crippen molar-refractivity contribution in [2.75, 3.05) is 29.9 Å². The number of hydrogen-bond donors (Lipinski definition) is 2. The van der Waals surface area contributed by atoms with E-state index in [0.717, 1.165) is 31.5 Å². The molecular formula is C29H32N4O3S. The molecule has 0 unspecified atom stereocenters. The third-order valence-corrected chi connectivity index (χ3v) is 6.18. The van der Waals surface area contributed by atoms with Crippen LogP contribution in [0.3, 0.4) is 0 Å². The first-order valence-electron chi connectivity index (χ1n) is 12.6. The quantitative estimate of drug-likeness (QED) is 0.180. The number of fused-ring (bicyclic) bond motifs is 1. The Morgan fingerprint density at radius 1 is 1.03 bits per heavy atom. The molecule has 0 aliphatic rings. The molecule has 1 heterocycles. The number of benzene rings is 3. The molecule has 0 spiro atoms. The van der Waals surface area contributed by atoms with Gasteiger partial charge < -0.3 is 19.4 Å². The van der Waals surface area contributed by atoms with Gasteiger partial charge in [0.2, 0.25) is 5.89 Å². The summed E-state index contributed by atoms with van der Waals surface area (Å²) in [5.74, 6) is 0.904. The van der Waals surface area contributed by atoms with Gasteiger partial charge in [0.25, 0.3) is 5.91 Å². The van der Waals surface area contributed by atoms with Crippen molar-refractivity contribution in [2.24, 2.45) is 0 Å². The van der Waals surface area contributed by atoms with Crippen molar-refractivity contribution in [3.8, 4) is 17.2 Å². The lowest BCUT2D eigenvalue weighted by atomic mass is 10.2. The maximum absolute atomic E-state index is 12.7. The van der Waals surface area contributed by atoms with E-state index in [0.29, 0.717) is 40.6 Å². The van der Waals surface area contributed by atoms with Crippen LogP contribution in [0.4, 0.5) is 11.4 Å². The van der Waals surface area contributed by atoms with E-state index in [1.54, 1.807) is 18.2 Å². The standard InChI is InChI=1S/C29H32N4O3S/c1-4-7-17-35-24-10-8-9-21(18-24)27(34)32-29(37)30-22-13-16-26-25(19-22)31-28(36-26)20-11-14-23(15-12-20)33(5-2)6-3/h8-16,18-19H,4-7,17H2,1-3H3,(H2,30,32,34,37). The highest BCUT2D eigenvalue weighted by Crippen LogP contribution is 2.28. The highest BCUT2D eigenvalue weighted by Gasteiger charge is 2.12. The molecule has 37 heavy (non-hydrogen) atoms. The number of amides is 1. The second-order valence-corrected chi connectivity index (χ2v) is 8.97. The van der Waals surface area contributed by atoms with Crippen LogP contribution < -0.4 is 20.3 Å². The molecule has 0 bridgehead atoms. The summed E-state index contributed by atoms with van der Waals surface area (Å²) in [6, 6.07) is 20.8. The Morgan fingerprint density at radius 2 is 1.81 bits per heavy atom. The number of nitrogens with zero attached hydrogens (tertiary/aromatic N) is 2. The summed E-state index contributed by atoms with van der Waals surface area (Å²) in [6.45, 7) is 8.92. The number of carbonyl (C=O) groups is 1. The van der Waals surface area contributed by atoms with Crippen LogP contribution in [-0.4, -0.2) is 35.7 Å². The highest BCUT2D eigenvalue weighted by atomic mass is 32.1. The molecule has 0 atom stereocenters. The van der Waals surface area contributed by atoms with Crippen LogP contribution in [0.2, 0.25) is 0 Å².